The molecule has 0 fully saturated rings. The number of rotatable bonds is 8. The van der Waals surface area contributed by atoms with E-state index < -0.39 is 0 Å². The summed E-state index contributed by atoms with van der Waals surface area (Å²) in [5.74, 6) is 0.966. The first-order valence-electron chi connectivity index (χ1n) is 12.9. The van der Waals surface area contributed by atoms with E-state index in [2.05, 4.69) is 47.7 Å². The Bertz CT molecular complexity index is 1350. The zero-order chi connectivity index (χ0) is 27.4. The van der Waals surface area contributed by atoms with Gasteiger partial charge in [-0.1, -0.05) is 50.7 Å². The van der Waals surface area contributed by atoms with E-state index in [1.54, 1.807) is 12.1 Å². The van der Waals surface area contributed by atoms with Crippen LogP contribution in [0.3, 0.4) is 0 Å². The van der Waals surface area contributed by atoms with Crippen molar-refractivity contribution in [1.82, 2.24) is 20.1 Å². The van der Waals surface area contributed by atoms with Gasteiger partial charge in [0.1, 0.15) is 11.1 Å². The molecular formula is C28H34N6O2S2. The summed E-state index contributed by atoms with van der Waals surface area (Å²) in [6.45, 7) is 11.2. The van der Waals surface area contributed by atoms with Crippen LogP contribution >= 0.6 is 23.1 Å². The molecule has 3 aromatic rings. The molecule has 0 saturated heterocycles. The van der Waals surface area contributed by atoms with Crippen molar-refractivity contribution < 1.29 is 9.59 Å². The minimum atomic E-state index is -0.356. The van der Waals surface area contributed by atoms with E-state index in [9.17, 15) is 14.9 Å². The molecule has 4 rings (SSSR count). The molecule has 2 N–H and O–H groups in total. The van der Waals surface area contributed by atoms with Crippen molar-refractivity contribution in [2.45, 2.75) is 71.6 Å². The molecule has 1 aliphatic rings. The summed E-state index contributed by atoms with van der Waals surface area (Å²) >= 11 is 2.83. The Balaban J connectivity index is 1.40. The van der Waals surface area contributed by atoms with Gasteiger partial charge in [-0.2, -0.15) is 5.26 Å². The second kappa shape index (κ2) is 11.7. The van der Waals surface area contributed by atoms with Crippen LogP contribution in [0.2, 0.25) is 0 Å². The Hall–Kier alpha value is -3.16. The van der Waals surface area contributed by atoms with Gasteiger partial charge in [0.25, 0.3) is 5.91 Å². The Morgan fingerprint density at radius 1 is 1.26 bits per heavy atom. The molecule has 0 radical (unpaired) electrons. The van der Waals surface area contributed by atoms with E-state index in [1.165, 1.54) is 28.0 Å². The van der Waals surface area contributed by atoms with E-state index in [1.807, 2.05) is 36.6 Å². The van der Waals surface area contributed by atoms with Gasteiger partial charge < -0.3 is 15.2 Å². The monoisotopic (exact) mass is 550 g/mol. The second-order valence-electron chi connectivity index (χ2n) is 10.6. The largest absolute Gasteiger partial charge is 0.342 e. The fourth-order valence-electron chi connectivity index (χ4n) is 4.78. The number of nitriles is 1. The maximum Gasteiger partial charge on any atom is 0.251 e. The van der Waals surface area contributed by atoms with Crippen molar-refractivity contribution >= 4 is 39.9 Å². The van der Waals surface area contributed by atoms with Crippen molar-refractivity contribution in [3.8, 4) is 6.07 Å². The summed E-state index contributed by atoms with van der Waals surface area (Å²) in [4.78, 5) is 26.7. The van der Waals surface area contributed by atoms with Crippen LogP contribution < -0.4 is 10.6 Å². The zero-order valence-electron chi connectivity index (χ0n) is 22.5. The van der Waals surface area contributed by atoms with Gasteiger partial charge in [-0.25, -0.2) is 0 Å². The number of nitrogens with zero attached hydrogens (tertiary/aromatic N) is 4. The molecule has 200 valence electrons. The Morgan fingerprint density at radius 2 is 2.00 bits per heavy atom. The van der Waals surface area contributed by atoms with Crippen LogP contribution in [0.4, 0.5) is 5.00 Å². The summed E-state index contributed by atoms with van der Waals surface area (Å²) in [5.41, 5.74) is 2.50. The molecule has 10 heteroatoms. The number of aromatic nitrogens is 3. The van der Waals surface area contributed by atoms with Crippen molar-refractivity contribution in [2.24, 2.45) is 11.3 Å². The summed E-state index contributed by atoms with van der Waals surface area (Å²) in [7, 11) is 0. The molecule has 2 heterocycles. The van der Waals surface area contributed by atoms with Crippen LogP contribution in [0.1, 0.15) is 79.3 Å². The first-order valence-corrected chi connectivity index (χ1v) is 14.7. The second-order valence-corrected chi connectivity index (χ2v) is 12.7. The predicted molar refractivity (Wildman–Crippen MR) is 151 cm³/mol. The van der Waals surface area contributed by atoms with Gasteiger partial charge in [0.2, 0.25) is 5.91 Å². The molecule has 2 amide bonds. The normalized spacial score (nSPS) is 15.8. The fraction of sp³-hybridized carbons (Fsp3) is 0.464. The molecular weight excluding hydrogens is 516 g/mol. The fourth-order valence-corrected chi connectivity index (χ4v) is 6.89. The molecule has 0 saturated carbocycles. The number of benzene rings is 1. The van der Waals surface area contributed by atoms with E-state index >= 15 is 0 Å². The van der Waals surface area contributed by atoms with Crippen LogP contribution in [-0.4, -0.2) is 32.3 Å². The minimum absolute atomic E-state index is 0.140. The molecule has 0 bridgehead atoms. The van der Waals surface area contributed by atoms with E-state index in [0.29, 0.717) is 39.6 Å². The van der Waals surface area contributed by atoms with Gasteiger partial charge in [-0.3, -0.25) is 9.59 Å². The number of nitrogens with one attached hydrogen (secondary N) is 2. The number of thiophene rings is 1. The predicted octanol–water partition coefficient (Wildman–Crippen LogP) is 5.60. The van der Waals surface area contributed by atoms with Crippen molar-refractivity contribution in [3.63, 3.8) is 0 Å². The molecule has 0 spiro atoms. The van der Waals surface area contributed by atoms with Gasteiger partial charge >= 0.3 is 0 Å². The SMILES string of the molecule is CCn1c(SCC(=O)Nc2sc3c(c2C#N)CC[C@H](C(C)(C)C)C3)nnc1[C@@H](C)NC(=O)c1ccccc1. The van der Waals surface area contributed by atoms with Gasteiger partial charge in [0.15, 0.2) is 11.0 Å². The van der Waals surface area contributed by atoms with Gasteiger partial charge in [0.05, 0.1) is 17.4 Å². The third-order valence-electron chi connectivity index (χ3n) is 7.02. The molecule has 8 nitrogen and oxygen atoms in total. The Labute approximate surface area is 232 Å². The number of hydrogen-bond acceptors (Lipinski definition) is 7. The zero-order valence-corrected chi connectivity index (χ0v) is 24.1. The molecule has 1 aliphatic carbocycles. The third-order valence-corrected chi connectivity index (χ3v) is 9.16. The van der Waals surface area contributed by atoms with Crippen LogP contribution in [0, 0.1) is 22.7 Å². The topological polar surface area (TPSA) is 113 Å². The Kier molecular flexibility index (Phi) is 8.58. The van der Waals surface area contributed by atoms with Gasteiger partial charge in [0, 0.05) is 17.0 Å². The number of carbonyl (C=O) groups excluding carboxylic acids is 2. The molecule has 0 unspecified atom stereocenters. The molecule has 2 atom stereocenters. The standard InChI is InChI=1S/C28H34N6O2S2/c1-6-34-24(17(2)30-25(36)18-10-8-7-9-11-18)32-33-27(34)37-16-23(35)31-26-21(15-29)20-13-12-19(28(3,4)5)14-22(20)38-26/h7-11,17,19H,6,12-14,16H2,1-5H3,(H,30,36)(H,31,35)/t17-,19+/m1/s1. The highest BCUT2D eigenvalue weighted by molar-refractivity contribution is 7.99. The lowest BCUT2D eigenvalue weighted by Crippen LogP contribution is -2.28. The number of thioether (sulfide) groups is 1. The van der Waals surface area contributed by atoms with Crippen LogP contribution in [0.25, 0.3) is 0 Å². The summed E-state index contributed by atoms with van der Waals surface area (Å²) in [6, 6.07) is 11.0. The van der Waals surface area contributed by atoms with Crippen LogP contribution in [0.15, 0.2) is 35.5 Å². The number of anilines is 1. The summed E-state index contributed by atoms with van der Waals surface area (Å²) in [6.07, 6.45) is 2.89. The number of carbonyl (C=O) groups is 2. The lowest BCUT2D eigenvalue weighted by atomic mass is 9.72. The first-order chi connectivity index (χ1) is 18.1. The van der Waals surface area contributed by atoms with E-state index in [4.69, 9.17) is 0 Å². The highest BCUT2D eigenvalue weighted by Gasteiger charge is 2.32. The number of amides is 2. The van der Waals surface area contributed by atoms with Crippen molar-refractivity contribution in [1.29, 1.82) is 5.26 Å². The minimum Gasteiger partial charge on any atom is -0.342 e. The highest BCUT2D eigenvalue weighted by Crippen LogP contribution is 2.44. The lowest BCUT2D eigenvalue weighted by Gasteiger charge is -2.33. The van der Waals surface area contributed by atoms with Crippen molar-refractivity contribution in [2.75, 3.05) is 11.1 Å². The maximum absolute atomic E-state index is 12.9. The molecule has 2 aromatic heterocycles. The van der Waals surface area contributed by atoms with Gasteiger partial charge in [-0.05, 0) is 62.1 Å². The summed E-state index contributed by atoms with van der Waals surface area (Å²) < 4.78 is 1.91. The van der Waals surface area contributed by atoms with Crippen molar-refractivity contribution in [3.05, 3.63) is 57.7 Å². The molecule has 0 aliphatic heterocycles. The van der Waals surface area contributed by atoms with Crippen LogP contribution in [-0.2, 0) is 24.2 Å². The Morgan fingerprint density at radius 3 is 2.66 bits per heavy atom. The number of fused-ring (bicyclic) bond motifs is 1. The van der Waals surface area contributed by atoms with E-state index in [-0.39, 0.29) is 29.0 Å². The smallest absolute Gasteiger partial charge is 0.251 e. The molecule has 1 aromatic carbocycles. The maximum atomic E-state index is 12.9. The summed E-state index contributed by atoms with van der Waals surface area (Å²) in [5, 5.41) is 25.6. The third kappa shape index (κ3) is 6.11. The van der Waals surface area contributed by atoms with Crippen LogP contribution in [0.5, 0.6) is 0 Å². The number of hydrogen-bond donors (Lipinski definition) is 2. The average molecular weight is 551 g/mol. The first kappa shape index (κ1) is 27.9. The quantitative estimate of drug-likeness (QED) is 0.353. The average Bonchev–Trinajstić information content (AvgIpc) is 3.47. The van der Waals surface area contributed by atoms with E-state index in [0.717, 1.165) is 24.8 Å². The van der Waals surface area contributed by atoms with Gasteiger partial charge in [-0.15, -0.1) is 21.5 Å². The highest BCUT2D eigenvalue weighted by atomic mass is 32.2. The molecule has 38 heavy (non-hydrogen) atoms. The lowest BCUT2D eigenvalue weighted by molar-refractivity contribution is -0.113.